The number of hydrogen-bond donors (Lipinski definition) is 0. The van der Waals surface area contributed by atoms with E-state index in [1.165, 1.54) is 11.3 Å². The molecule has 1 atom stereocenters. The minimum Gasteiger partial charge on any atom is -0.493 e. The van der Waals surface area contributed by atoms with Crippen molar-refractivity contribution in [2.75, 3.05) is 20.3 Å². The van der Waals surface area contributed by atoms with Crippen molar-refractivity contribution in [2.24, 2.45) is 4.99 Å². The molecule has 0 spiro atoms. The van der Waals surface area contributed by atoms with E-state index in [2.05, 4.69) is 43.4 Å². The molecule has 3 aromatic rings. The van der Waals surface area contributed by atoms with Gasteiger partial charge in [-0.05, 0) is 71.2 Å². The number of methoxy groups -OCH3 is 1. The Balaban J connectivity index is 1.90. The van der Waals surface area contributed by atoms with Crippen molar-refractivity contribution >= 4 is 55.2 Å². The van der Waals surface area contributed by atoms with E-state index in [4.69, 9.17) is 14.2 Å². The number of aromatic nitrogens is 1. The number of hydrogen-bond acceptors (Lipinski definition) is 7. The summed E-state index contributed by atoms with van der Waals surface area (Å²) in [4.78, 5) is 31.9. The highest BCUT2D eigenvalue weighted by atomic mass is 79.9. The van der Waals surface area contributed by atoms with Crippen molar-refractivity contribution in [1.82, 2.24) is 4.57 Å². The summed E-state index contributed by atoms with van der Waals surface area (Å²) in [5, 5.41) is 0. The zero-order valence-corrected chi connectivity index (χ0v) is 24.4. The molecule has 2 aromatic carbocycles. The number of thiazole rings is 1. The Morgan fingerprint density at radius 3 is 2.62 bits per heavy atom. The van der Waals surface area contributed by atoms with Crippen LogP contribution in [-0.2, 0) is 9.53 Å². The largest absolute Gasteiger partial charge is 0.493 e. The first kappa shape index (κ1) is 27.1. The van der Waals surface area contributed by atoms with Crippen molar-refractivity contribution in [3.05, 3.63) is 100 Å². The van der Waals surface area contributed by atoms with E-state index in [9.17, 15) is 9.59 Å². The molecule has 0 bridgehead atoms. The molecule has 0 aliphatic carbocycles. The second kappa shape index (κ2) is 11.6. The lowest BCUT2D eigenvalue weighted by atomic mass is 9.96. The van der Waals surface area contributed by atoms with Crippen molar-refractivity contribution in [3.63, 3.8) is 0 Å². The molecule has 0 saturated carbocycles. The van der Waals surface area contributed by atoms with E-state index in [0.717, 1.165) is 15.6 Å². The Kier molecular flexibility index (Phi) is 8.51. The fourth-order valence-electron chi connectivity index (χ4n) is 4.01. The summed E-state index contributed by atoms with van der Waals surface area (Å²) in [7, 11) is 1.55. The second-order valence-corrected chi connectivity index (χ2v) is 10.8. The van der Waals surface area contributed by atoms with Crippen LogP contribution in [0.5, 0.6) is 11.5 Å². The minimum atomic E-state index is -0.665. The second-order valence-electron chi connectivity index (χ2n) is 7.99. The topological polar surface area (TPSA) is 79.1 Å². The summed E-state index contributed by atoms with van der Waals surface area (Å²) < 4.78 is 20.2. The molecule has 1 aromatic heterocycles. The van der Waals surface area contributed by atoms with Gasteiger partial charge in [-0.2, -0.15) is 0 Å². The van der Waals surface area contributed by atoms with E-state index < -0.39 is 12.0 Å². The highest BCUT2D eigenvalue weighted by molar-refractivity contribution is 9.10. The van der Waals surface area contributed by atoms with Gasteiger partial charge in [-0.15, -0.1) is 0 Å². The van der Waals surface area contributed by atoms with Crippen LogP contribution in [-0.4, -0.2) is 30.9 Å². The maximum absolute atomic E-state index is 13.8. The van der Waals surface area contributed by atoms with Crippen molar-refractivity contribution < 1.29 is 19.0 Å². The zero-order chi connectivity index (χ0) is 26.7. The molecule has 0 saturated heterocycles. The number of carbonyl (C=O) groups is 1. The Bertz CT molecular complexity index is 1570. The van der Waals surface area contributed by atoms with Gasteiger partial charge in [0, 0.05) is 4.47 Å². The van der Waals surface area contributed by atoms with Gasteiger partial charge >= 0.3 is 5.97 Å². The third-order valence-corrected chi connectivity index (χ3v) is 7.70. The van der Waals surface area contributed by atoms with Crippen molar-refractivity contribution in [2.45, 2.75) is 19.9 Å². The molecule has 0 N–H and O–H groups in total. The number of halogens is 2. The molecule has 37 heavy (non-hydrogen) atoms. The molecule has 1 aliphatic heterocycles. The predicted octanol–water partition coefficient (Wildman–Crippen LogP) is 4.90. The van der Waals surface area contributed by atoms with E-state index in [-0.39, 0.29) is 12.2 Å². The fourth-order valence-corrected chi connectivity index (χ4v) is 5.89. The number of ether oxygens (including phenoxy) is 3. The van der Waals surface area contributed by atoms with E-state index in [0.29, 0.717) is 43.2 Å². The molecule has 7 nitrogen and oxygen atoms in total. The SMILES string of the molecule is C=CCOc1c(Br)cc(C=c2sc3n(c2=O)C(c2ccc(Br)cc2)C(C(=O)OCC)=C(C)N=3)cc1OC. The Hall–Kier alpha value is -2.95. The molecule has 10 heteroatoms. The van der Waals surface area contributed by atoms with E-state index >= 15 is 0 Å². The quantitative estimate of drug-likeness (QED) is 0.257. The lowest BCUT2D eigenvalue weighted by Gasteiger charge is -2.24. The summed E-state index contributed by atoms with van der Waals surface area (Å²) in [5.41, 5.74) is 2.12. The van der Waals surface area contributed by atoms with Crippen LogP contribution in [0.25, 0.3) is 6.08 Å². The van der Waals surface area contributed by atoms with Gasteiger partial charge in [0.1, 0.15) is 6.61 Å². The number of carbonyl (C=O) groups excluding carboxylic acids is 1. The standard InChI is InChI=1S/C27H24Br2N2O5S/c1-5-11-36-24-19(29)12-16(13-20(24)34-4)14-21-25(32)31-23(17-7-9-18(28)10-8-17)22(26(33)35-6-2)15(3)30-27(31)37-21/h5,7-10,12-14,23H,1,6,11H2,2-4H3. The Morgan fingerprint density at radius 2 is 1.97 bits per heavy atom. The minimum absolute atomic E-state index is 0.219. The highest BCUT2D eigenvalue weighted by Gasteiger charge is 2.33. The number of esters is 1. The summed E-state index contributed by atoms with van der Waals surface area (Å²) in [6.45, 7) is 7.73. The van der Waals surface area contributed by atoms with Gasteiger partial charge in [0.15, 0.2) is 16.3 Å². The van der Waals surface area contributed by atoms with Crippen LogP contribution in [0.15, 0.2) is 79.1 Å². The van der Waals surface area contributed by atoms with Gasteiger partial charge < -0.3 is 14.2 Å². The van der Waals surface area contributed by atoms with Gasteiger partial charge in [0.05, 0.1) is 40.0 Å². The third kappa shape index (κ3) is 5.51. The number of benzene rings is 2. The van der Waals surface area contributed by atoms with Gasteiger partial charge in [0.25, 0.3) is 5.56 Å². The molecule has 1 aliphatic rings. The van der Waals surface area contributed by atoms with Crippen LogP contribution < -0.4 is 24.4 Å². The molecule has 0 radical (unpaired) electrons. The maximum atomic E-state index is 13.8. The van der Waals surface area contributed by atoms with E-state index in [1.807, 2.05) is 30.3 Å². The molecule has 0 amide bonds. The summed E-state index contributed by atoms with van der Waals surface area (Å²) in [5.74, 6) is 0.573. The molecule has 4 rings (SSSR count). The van der Waals surface area contributed by atoms with Crippen LogP contribution in [0, 0.1) is 0 Å². The fraction of sp³-hybridized carbons (Fsp3) is 0.222. The van der Waals surface area contributed by atoms with Crippen molar-refractivity contribution in [1.29, 1.82) is 0 Å². The normalized spacial score (nSPS) is 15.2. The Morgan fingerprint density at radius 1 is 1.24 bits per heavy atom. The smallest absolute Gasteiger partial charge is 0.338 e. The maximum Gasteiger partial charge on any atom is 0.338 e. The van der Waals surface area contributed by atoms with Crippen LogP contribution >= 0.6 is 43.2 Å². The average molecular weight is 648 g/mol. The van der Waals surface area contributed by atoms with Crippen LogP contribution in [0.3, 0.4) is 0 Å². The first-order valence-corrected chi connectivity index (χ1v) is 13.8. The predicted molar refractivity (Wildman–Crippen MR) is 151 cm³/mol. The lowest BCUT2D eigenvalue weighted by Crippen LogP contribution is -2.39. The van der Waals surface area contributed by atoms with Gasteiger partial charge in [0.2, 0.25) is 0 Å². The van der Waals surface area contributed by atoms with Gasteiger partial charge in [-0.3, -0.25) is 9.36 Å². The molecule has 192 valence electrons. The summed E-state index contributed by atoms with van der Waals surface area (Å²) >= 11 is 8.24. The van der Waals surface area contributed by atoms with Gasteiger partial charge in [-0.25, -0.2) is 9.79 Å². The number of rotatable bonds is 8. The van der Waals surface area contributed by atoms with Crippen LogP contribution in [0.2, 0.25) is 0 Å². The Labute approximate surface area is 234 Å². The molecular formula is C27H24Br2N2O5S. The average Bonchev–Trinajstić information content (AvgIpc) is 3.17. The first-order valence-electron chi connectivity index (χ1n) is 11.3. The molecular weight excluding hydrogens is 624 g/mol. The highest BCUT2D eigenvalue weighted by Crippen LogP contribution is 2.37. The van der Waals surface area contributed by atoms with Crippen LogP contribution in [0.1, 0.15) is 31.0 Å². The molecule has 2 heterocycles. The zero-order valence-electron chi connectivity index (χ0n) is 20.4. The van der Waals surface area contributed by atoms with Gasteiger partial charge in [-0.1, -0.05) is 52.1 Å². The molecule has 0 fully saturated rings. The number of nitrogens with zero attached hydrogens (tertiary/aromatic N) is 2. The monoisotopic (exact) mass is 646 g/mol. The summed E-state index contributed by atoms with van der Waals surface area (Å²) in [6, 6.07) is 10.5. The molecule has 1 unspecified atom stereocenters. The van der Waals surface area contributed by atoms with Crippen LogP contribution in [0.4, 0.5) is 0 Å². The van der Waals surface area contributed by atoms with E-state index in [1.54, 1.807) is 43.7 Å². The first-order chi connectivity index (χ1) is 17.8. The van der Waals surface area contributed by atoms with Crippen molar-refractivity contribution in [3.8, 4) is 11.5 Å². The number of allylic oxidation sites excluding steroid dienone is 1. The lowest BCUT2D eigenvalue weighted by molar-refractivity contribution is -0.139. The number of fused-ring (bicyclic) bond motifs is 1. The third-order valence-electron chi connectivity index (χ3n) is 5.60. The summed E-state index contributed by atoms with van der Waals surface area (Å²) in [6.07, 6.45) is 3.42.